The Morgan fingerprint density at radius 1 is 1.29 bits per heavy atom. The fourth-order valence-corrected chi connectivity index (χ4v) is 3.29. The molecule has 1 saturated carbocycles. The van der Waals surface area contributed by atoms with Crippen LogP contribution in [0, 0.1) is 5.92 Å². The van der Waals surface area contributed by atoms with Gasteiger partial charge in [-0.1, -0.05) is 0 Å². The number of nitrogens with one attached hydrogen (secondary N) is 2. The van der Waals surface area contributed by atoms with Gasteiger partial charge in [-0.2, -0.15) is 0 Å². The van der Waals surface area contributed by atoms with E-state index in [4.69, 9.17) is 5.11 Å². The number of hydrogen-bond donors (Lipinski definition) is 3. The van der Waals surface area contributed by atoms with E-state index in [9.17, 15) is 9.59 Å². The monoisotopic (exact) mass is 329 g/mol. The molecule has 1 atom stereocenters. The van der Waals surface area contributed by atoms with Crippen molar-refractivity contribution in [1.82, 2.24) is 19.9 Å². The maximum atomic E-state index is 12.5. The summed E-state index contributed by atoms with van der Waals surface area (Å²) in [6.07, 6.45) is 5.81. The van der Waals surface area contributed by atoms with Gasteiger partial charge in [0.15, 0.2) is 5.78 Å². The molecule has 0 unspecified atom stereocenters. The van der Waals surface area contributed by atoms with Crippen LogP contribution in [0.3, 0.4) is 0 Å². The van der Waals surface area contributed by atoms with Crippen LogP contribution in [0.15, 0.2) is 12.5 Å². The number of aromatic nitrogens is 3. The second kappa shape index (κ2) is 5.77. The van der Waals surface area contributed by atoms with Gasteiger partial charge in [-0.05, 0) is 25.7 Å². The van der Waals surface area contributed by atoms with Crippen molar-refractivity contribution in [2.45, 2.75) is 31.7 Å². The van der Waals surface area contributed by atoms with Crippen LogP contribution in [-0.2, 0) is 0 Å². The molecule has 0 aromatic carbocycles. The van der Waals surface area contributed by atoms with Crippen molar-refractivity contribution in [3.8, 4) is 0 Å². The highest BCUT2D eigenvalue weighted by atomic mass is 16.4. The van der Waals surface area contributed by atoms with Gasteiger partial charge in [-0.15, -0.1) is 0 Å². The maximum absolute atomic E-state index is 12.5. The van der Waals surface area contributed by atoms with Gasteiger partial charge in [0, 0.05) is 36.8 Å². The first-order chi connectivity index (χ1) is 11.6. The number of amides is 1. The Balaban J connectivity index is 1.62. The number of H-pyrrole nitrogens is 1. The summed E-state index contributed by atoms with van der Waals surface area (Å²) in [4.78, 5) is 36.6. The number of carbonyl (C=O) groups is 2. The van der Waals surface area contributed by atoms with Crippen LogP contribution in [-0.4, -0.2) is 56.0 Å². The molecule has 24 heavy (non-hydrogen) atoms. The summed E-state index contributed by atoms with van der Waals surface area (Å²) in [7, 11) is 0. The predicted molar refractivity (Wildman–Crippen MR) is 87.2 cm³/mol. The Hall–Kier alpha value is -2.64. The summed E-state index contributed by atoms with van der Waals surface area (Å²) >= 11 is 0. The molecule has 8 heteroatoms. The molecule has 1 saturated heterocycles. The fraction of sp³-hybridized carbons (Fsp3) is 0.500. The molecular formula is C16H19N5O3. The van der Waals surface area contributed by atoms with E-state index in [1.807, 2.05) is 0 Å². The zero-order valence-corrected chi connectivity index (χ0v) is 13.2. The standard InChI is InChI=1S/C16H19N5O3/c22-13(9-3-4-9)11-6-17-14-12(11)15(19-8-18-14)20-10-2-1-5-21(7-10)16(23)24/h6,8-10H,1-5,7H2,(H,23,24)(H2,17,18,19,20)/t10-/m1/s1. The molecule has 8 nitrogen and oxygen atoms in total. The Kier molecular flexibility index (Phi) is 3.59. The van der Waals surface area contributed by atoms with E-state index in [1.54, 1.807) is 6.20 Å². The molecule has 1 aliphatic heterocycles. The Morgan fingerprint density at radius 2 is 2.12 bits per heavy atom. The van der Waals surface area contributed by atoms with E-state index in [2.05, 4.69) is 20.3 Å². The number of fused-ring (bicyclic) bond motifs is 1. The molecule has 0 spiro atoms. The predicted octanol–water partition coefficient (Wildman–Crippen LogP) is 2.10. The molecular weight excluding hydrogens is 310 g/mol. The van der Waals surface area contributed by atoms with Crippen LogP contribution in [0.5, 0.6) is 0 Å². The smallest absolute Gasteiger partial charge is 0.407 e. The minimum absolute atomic E-state index is 0.0215. The number of carbonyl (C=O) groups excluding carboxylic acids is 1. The zero-order valence-electron chi connectivity index (χ0n) is 13.2. The first-order valence-electron chi connectivity index (χ1n) is 8.24. The maximum Gasteiger partial charge on any atom is 0.407 e. The van der Waals surface area contributed by atoms with E-state index in [0.717, 1.165) is 25.7 Å². The Bertz CT molecular complexity index is 798. The van der Waals surface area contributed by atoms with E-state index in [-0.39, 0.29) is 17.7 Å². The summed E-state index contributed by atoms with van der Waals surface area (Å²) in [6.45, 7) is 0.972. The van der Waals surface area contributed by atoms with Gasteiger partial charge in [0.1, 0.15) is 17.8 Å². The molecule has 2 aromatic rings. The molecule has 126 valence electrons. The van der Waals surface area contributed by atoms with Crippen LogP contribution >= 0.6 is 0 Å². The quantitative estimate of drug-likeness (QED) is 0.741. The van der Waals surface area contributed by atoms with Crippen LogP contribution in [0.4, 0.5) is 10.6 Å². The first-order valence-corrected chi connectivity index (χ1v) is 8.24. The third kappa shape index (κ3) is 2.68. The lowest BCUT2D eigenvalue weighted by Crippen LogP contribution is -2.44. The molecule has 1 amide bonds. The van der Waals surface area contributed by atoms with Gasteiger partial charge >= 0.3 is 6.09 Å². The summed E-state index contributed by atoms with van der Waals surface area (Å²) in [5, 5.41) is 13.2. The summed E-state index contributed by atoms with van der Waals surface area (Å²) in [5.41, 5.74) is 1.25. The van der Waals surface area contributed by atoms with Gasteiger partial charge < -0.3 is 20.3 Å². The third-order valence-corrected chi connectivity index (χ3v) is 4.72. The summed E-state index contributed by atoms with van der Waals surface area (Å²) in [5.74, 6) is 0.853. The second-order valence-electron chi connectivity index (χ2n) is 6.50. The number of likely N-dealkylation sites (tertiary alicyclic amines) is 1. The van der Waals surface area contributed by atoms with Crippen molar-refractivity contribution in [1.29, 1.82) is 0 Å². The summed E-state index contributed by atoms with van der Waals surface area (Å²) in [6, 6.07) is -0.0215. The SMILES string of the molecule is O=C(c1c[nH]c2ncnc(N[C@@H]3CCCN(C(=O)O)C3)c12)C1CC1. The molecule has 2 fully saturated rings. The minimum atomic E-state index is -0.902. The second-order valence-corrected chi connectivity index (χ2v) is 6.50. The lowest BCUT2D eigenvalue weighted by Gasteiger charge is -2.31. The van der Waals surface area contributed by atoms with Crippen LogP contribution < -0.4 is 5.32 Å². The molecule has 3 N–H and O–H groups in total. The number of rotatable bonds is 4. The molecule has 1 aliphatic carbocycles. The number of carboxylic acid groups (broad SMARTS) is 1. The first kappa shape index (κ1) is 14.9. The van der Waals surface area contributed by atoms with Crippen molar-refractivity contribution in [3.05, 3.63) is 18.1 Å². The average molecular weight is 329 g/mol. The summed E-state index contributed by atoms with van der Waals surface area (Å²) < 4.78 is 0. The normalized spacial score (nSPS) is 21.0. The average Bonchev–Trinajstić information content (AvgIpc) is 3.34. The Morgan fingerprint density at radius 3 is 2.88 bits per heavy atom. The van der Waals surface area contributed by atoms with Gasteiger partial charge in [-0.3, -0.25) is 4.79 Å². The van der Waals surface area contributed by atoms with Crippen molar-refractivity contribution in [3.63, 3.8) is 0 Å². The van der Waals surface area contributed by atoms with Crippen molar-refractivity contribution >= 4 is 28.7 Å². The van der Waals surface area contributed by atoms with Gasteiger partial charge in [-0.25, -0.2) is 14.8 Å². The van der Waals surface area contributed by atoms with E-state index in [0.29, 0.717) is 35.5 Å². The van der Waals surface area contributed by atoms with Gasteiger partial charge in [0.25, 0.3) is 0 Å². The molecule has 4 rings (SSSR count). The zero-order chi connectivity index (χ0) is 16.7. The van der Waals surface area contributed by atoms with Gasteiger partial charge in [0.05, 0.1) is 5.39 Å². The molecule has 2 aliphatic rings. The van der Waals surface area contributed by atoms with Crippen LogP contribution in [0.1, 0.15) is 36.0 Å². The number of Topliss-reactive ketones (excluding diaryl/α,β-unsaturated/α-hetero) is 1. The highest BCUT2D eigenvalue weighted by Gasteiger charge is 2.33. The largest absolute Gasteiger partial charge is 0.465 e. The number of piperidine rings is 1. The number of hydrogen-bond acceptors (Lipinski definition) is 5. The topological polar surface area (TPSA) is 111 Å². The number of aromatic amines is 1. The van der Waals surface area contributed by atoms with Crippen molar-refractivity contribution in [2.24, 2.45) is 5.92 Å². The third-order valence-electron chi connectivity index (χ3n) is 4.72. The fourth-order valence-electron chi connectivity index (χ4n) is 3.29. The lowest BCUT2D eigenvalue weighted by molar-refractivity contribution is 0.0969. The number of nitrogens with zero attached hydrogens (tertiary/aromatic N) is 3. The highest BCUT2D eigenvalue weighted by Crippen LogP contribution is 2.36. The molecule has 3 heterocycles. The number of anilines is 1. The van der Waals surface area contributed by atoms with Crippen LogP contribution in [0.25, 0.3) is 11.0 Å². The molecule has 2 aromatic heterocycles. The van der Waals surface area contributed by atoms with Gasteiger partial charge in [0.2, 0.25) is 0 Å². The molecule has 0 radical (unpaired) electrons. The van der Waals surface area contributed by atoms with E-state index >= 15 is 0 Å². The van der Waals surface area contributed by atoms with E-state index < -0.39 is 6.09 Å². The minimum Gasteiger partial charge on any atom is -0.465 e. The molecule has 0 bridgehead atoms. The van der Waals surface area contributed by atoms with Crippen molar-refractivity contribution < 1.29 is 14.7 Å². The van der Waals surface area contributed by atoms with Crippen LogP contribution in [0.2, 0.25) is 0 Å². The van der Waals surface area contributed by atoms with Crippen molar-refractivity contribution in [2.75, 3.05) is 18.4 Å². The lowest BCUT2D eigenvalue weighted by atomic mass is 10.0. The number of ketones is 1. The van der Waals surface area contributed by atoms with E-state index in [1.165, 1.54) is 11.2 Å². The highest BCUT2D eigenvalue weighted by molar-refractivity contribution is 6.12. The Labute approximate surface area is 138 Å².